The Balaban J connectivity index is 1.82. The van der Waals surface area contributed by atoms with Gasteiger partial charge in [-0.3, -0.25) is 4.90 Å². The largest absolute Gasteiger partial charge is 0.467 e. The van der Waals surface area contributed by atoms with Crippen molar-refractivity contribution >= 4 is 27.6 Å². The number of carbonyl (C=O) groups excluding carboxylic acids is 1. The lowest BCUT2D eigenvalue weighted by Gasteiger charge is -2.51. The average Bonchev–Trinajstić information content (AvgIpc) is 2.50. The average molecular weight is 387 g/mol. The summed E-state index contributed by atoms with van der Waals surface area (Å²) >= 11 is 3.49. The van der Waals surface area contributed by atoms with Crippen LogP contribution >= 0.6 is 15.9 Å². The van der Waals surface area contributed by atoms with Crippen molar-refractivity contribution in [3.63, 3.8) is 0 Å². The smallest absolute Gasteiger partial charge is 0.325 e. The second-order valence-corrected chi connectivity index (χ2v) is 7.71. The van der Waals surface area contributed by atoms with Crippen LogP contribution in [0.25, 0.3) is 0 Å². The van der Waals surface area contributed by atoms with Gasteiger partial charge in [0.15, 0.2) is 5.72 Å². The Bertz CT molecular complexity index is 851. The second kappa shape index (κ2) is 5.24. The Morgan fingerprint density at radius 2 is 2.04 bits per heavy atom. The molecular weight excluding hydrogens is 368 g/mol. The van der Waals surface area contributed by atoms with Crippen LogP contribution in [0.5, 0.6) is 5.75 Å². The maximum Gasteiger partial charge on any atom is 0.325 e. The first-order chi connectivity index (χ1) is 11.4. The molecule has 2 aliphatic heterocycles. The molecule has 2 amide bonds. The molecule has 1 saturated heterocycles. The van der Waals surface area contributed by atoms with E-state index in [1.165, 1.54) is 5.56 Å². The van der Waals surface area contributed by atoms with Crippen molar-refractivity contribution in [2.75, 3.05) is 4.90 Å². The topological polar surface area (TPSA) is 41.6 Å². The lowest BCUT2D eigenvalue weighted by molar-refractivity contribution is 0.0377. The van der Waals surface area contributed by atoms with Crippen molar-refractivity contribution in [1.82, 2.24) is 5.32 Å². The fourth-order valence-electron chi connectivity index (χ4n) is 3.77. The number of rotatable bonds is 1. The van der Waals surface area contributed by atoms with Crippen LogP contribution in [0.1, 0.15) is 36.1 Å². The molecule has 2 atom stereocenters. The van der Waals surface area contributed by atoms with Gasteiger partial charge in [-0.05, 0) is 50.6 Å². The molecule has 24 heavy (non-hydrogen) atoms. The highest BCUT2D eigenvalue weighted by molar-refractivity contribution is 9.10. The van der Waals surface area contributed by atoms with Gasteiger partial charge >= 0.3 is 6.03 Å². The van der Waals surface area contributed by atoms with Gasteiger partial charge in [-0.25, -0.2) is 4.79 Å². The molecular formula is C19H19BrN2O2. The monoisotopic (exact) mass is 386 g/mol. The zero-order chi connectivity index (χ0) is 17.1. The first-order valence-electron chi connectivity index (χ1n) is 8.04. The summed E-state index contributed by atoms with van der Waals surface area (Å²) in [5.41, 5.74) is 3.45. The number of hydrogen-bond donors (Lipinski definition) is 1. The van der Waals surface area contributed by atoms with E-state index in [-0.39, 0.29) is 12.1 Å². The van der Waals surface area contributed by atoms with Gasteiger partial charge in [0, 0.05) is 16.5 Å². The second-order valence-electron chi connectivity index (χ2n) is 6.79. The Hall–Kier alpha value is -2.01. The zero-order valence-electron chi connectivity index (χ0n) is 13.9. The molecule has 2 unspecified atom stereocenters. The Kier molecular flexibility index (Phi) is 3.39. The van der Waals surface area contributed by atoms with Gasteiger partial charge in [-0.2, -0.15) is 0 Å². The molecule has 0 aromatic heterocycles. The zero-order valence-corrected chi connectivity index (χ0v) is 15.5. The molecule has 2 heterocycles. The first kappa shape index (κ1) is 15.5. The molecule has 4 rings (SSSR count). The fraction of sp³-hybridized carbons (Fsp3) is 0.316. The van der Waals surface area contributed by atoms with Crippen LogP contribution < -0.4 is 15.0 Å². The van der Waals surface area contributed by atoms with Gasteiger partial charge in [0.2, 0.25) is 0 Å². The van der Waals surface area contributed by atoms with E-state index in [1.54, 1.807) is 4.90 Å². The van der Waals surface area contributed by atoms with Crippen LogP contribution in [-0.4, -0.2) is 11.8 Å². The molecule has 0 radical (unpaired) electrons. The summed E-state index contributed by atoms with van der Waals surface area (Å²) in [6, 6.07) is 11.9. The maximum atomic E-state index is 12.9. The Morgan fingerprint density at radius 3 is 2.79 bits per heavy atom. The van der Waals surface area contributed by atoms with Crippen LogP contribution in [0.4, 0.5) is 10.5 Å². The van der Waals surface area contributed by atoms with Gasteiger partial charge in [-0.1, -0.05) is 33.6 Å². The van der Waals surface area contributed by atoms with Crippen molar-refractivity contribution in [3.8, 4) is 5.75 Å². The summed E-state index contributed by atoms with van der Waals surface area (Å²) in [6.07, 6.45) is 0.704. The Morgan fingerprint density at radius 1 is 1.25 bits per heavy atom. The number of benzene rings is 2. The van der Waals surface area contributed by atoms with E-state index in [1.807, 2.05) is 44.2 Å². The first-order valence-corrected chi connectivity index (χ1v) is 8.83. The van der Waals surface area contributed by atoms with E-state index in [4.69, 9.17) is 4.74 Å². The Labute approximate surface area is 149 Å². The SMILES string of the molecule is Cc1ccc(N2C(=O)NC3CC2(C)Oc2ccc(Br)cc23)c(C)c1. The van der Waals surface area contributed by atoms with Crippen LogP contribution in [0.3, 0.4) is 0 Å². The summed E-state index contributed by atoms with van der Waals surface area (Å²) in [5.74, 6) is 0.826. The maximum absolute atomic E-state index is 12.9. The van der Waals surface area contributed by atoms with E-state index >= 15 is 0 Å². The van der Waals surface area contributed by atoms with Crippen molar-refractivity contribution in [2.45, 2.75) is 39.0 Å². The van der Waals surface area contributed by atoms with E-state index in [2.05, 4.69) is 34.2 Å². The van der Waals surface area contributed by atoms with E-state index in [0.29, 0.717) is 6.42 Å². The number of nitrogens with zero attached hydrogens (tertiary/aromatic N) is 1. The molecule has 2 aromatic rings. The fourth-order valence-corrected chi connectivity index (χ4v) is 4.15. The quantitative estimate of drug-likeness (QED) is 0.761. The summed E-state index contributed by atoms with van der Waals surface area (Å²) in [5, 5.41) is 3.13. The van der Waals surface area contributed by atoms with E-state index in [0.717, 1.165) is 27.0 Å². The number of aryl methyl sites for hydroxylation is 2. The highest BCUT2D eigenvalue weighted by Gasteiger charge is 2.50. The van der Waals surface area contributed by atoms with Crippen LogP contribution in [0.2, 0.25) is 0 Å². The highest BCUT2D eigenvalue weighted by Crippen LogP contribution is 2.46. The van der Waals surface area contributed by atoms with Gasteiger partial charge < -0.3 is 10.1 Å². The molecule has 0 saturated carbocycles. The minimum atomic E-state index is -0.701. The summed E-state index contributed by atoms with van der Waals surface area (Å²) in [6.45, 7) is 6.07. The number of anilines is 1. The molecule has 124 valence electrons. The van der Waals surface area contributed by atoms with E-state index < -0.39 is 5.72 Å². The van der Waals surface area contributed by atoms with Crippen molar-refractivity contribution in [1.29, 1.82) is 0 Å². The summed E-state index contributed by atoms with van der Waals surface area (Å²) in [7, 11) is 0. The standard InChI is InChI=1S/C19H19BrN2O2/c1-11-4-6-16(12(2)8-11)22-18(23)21-15-10-19(22,3)24-17-7-5-13(20)9-14(15)17/h4-9,15H,10H2,1-3H3,(H,21,23). The molecule has 1 fully saturated rings. The minimum absolute atomic E-state index is 0.0363. The number of halogens is 1. The van der Waals surface area contributed by atoms with Crippen LogP contribution in [-0.2, 0) is 0 Å². The predicted molar refractivity (Wildman–Crippen MR) is 97.5 cm³/mol. The van der Waals surface area contributed by atoms with Crippen LogP contribution in [0, 0.1) is 13.8 Å². The number of amides is 2. The number of fused-ring (bicyclic) bond motifs is 4. The molecule has 0 aliphatic carbocycles. The van der Waals surface area contributed by atoms with Crippen molar-refractivity contribution < 1.29 is 9.53 Å². The molecule has 2 aliphatic rings. The number of hydrogen-bond acceptors (Lipinski definition) is 2. The third kappa shape index (κ3) is 2.30. The lowest BCUT2D eigenvalue weighted by atomic mass is 9.90. The predicted octanol–water partition coefficient (Wildman–Crippen LogP) is 4.84. The van der Waals surface area contributed by atoms with Gasteiger partial charge in [-0.15, -0.1) is 0 Å². The minimum Gasteiger partial charge on any atom is -0.467 e. The summed E-state index contributed by atoms with van der Waals surface area (Å²) in [4.78, 5) is 14.6. The third-order valence-corrected chi connectivity index (χ3v) is 5.32. The number of carbonyl (C=O) groups is 1. The van der Waals surface area contributed by atoms with Gasteiger partial charge in [0.05, 0.1) is 11.7 Å². The molecule has 1 N–H and O–H groups in total. The van der Waals surface area contributed by atoms with Gasteiger partial charge in [0.25, 0.3) is 0 Å². The number of ether oxygens (including phenoxy) is 1. The molecule has 2 bridgehead atoms. The molecule has 4 nitrogen and oxygen atoms in total. The third-order valence-electron chi connectivity index (χ3n) is 4.83. The summed E-state index contributed by atoms with van der Waals surface area (Å²) < 4.78 is 7.30. The lowest BCUT2D eigenvalue weighted by Crippen LogP contribution is -2.65. The van der Waals surface area contributed by atoms with Crippen molar-refractivity contribution in [3.05, 3.63) is 57.6 Å². The normalized spacial score (nSPS) is 24.9. The number of nitrogens with one attached hydrogen (secondary N) is 1. The molecule has 2 aromatic carbocycles. The molecule has 0 spiro atoms. The van der Waals surface area contributed by atoms with E-state index in [9.17, 15) is 4.79 Å². The van der Waals surface area contributed by atoms with Gasteiger partial charge in [0.1, 0.15) is 5.75 Å². The van der Waals surface area contributed by atoms with Crippen molar-refractivity contribution in [2.24, 2.45) is 0 Å². The molecule has 5 heteroatoms. The number of urea groups is 1. The highest BCUT2D eigenvalue weighted by atomic mass is 79.9. The van der Waals surface area contributed by atoms with Crippen LogP contribution in [0.15, 0.2) is 40.9 Å².